The number of ether oxygens (including phenoxy) is 4. The number of carboxylic acid groups (broad SMARTS) is 1. The number of rotatable bonds is 35. The van der Waals surface area contributed by atoms with Crippen molar-refractivity contribution in [3.63, 3.8) is 0 Å². The Bertz CT molecular complexity index is 917. The molecule has 48 heavy (non-hydrogen) atoms. The highest BCUT2D eigenvalue weighted by Crippen LogP contribution is 2.53. The van der Waals surface area contributed by atoms with Gasteiger partial charge in [0.1, 0.15) is 0 Å². The van der Waals surface area contributed by atoms with Crippen LogP contribution in [0.2, 0.25) is 0 Å². The van der Waals surface area contributed by atoms with Crippen molar-refractivity contribution in [2.75, 3.05) is 26.4 Å². The molecule has 0 aliphatic rings. The highest BCUT2D eigenvalue weighted by molar-refractivity contribution is 5.97. The van der Waals surface area contributed by atoms with Crippen molar-refractivity contribution < 1.29 is 34.0 Å². The Morgan fingerprint density at radius 3 is 0.958 bits per heavy atom. The van der Waals surface area contributed by atoms with E-state index in [1.165, 1.54) is 89.9 Å². The number of aromatic hydroxyl groups is 1. The van der Waals surface area contributed by atoms with Crippen molar-refractivity contribution in [3.8, 4) is 28.7 Å². The third-order valence-electron chi connectivity index (χ3n) is 8.99. The van der Waals surface area contributed by atoms with Crippen LogP contribution in [0.3, 0.4) is 0 Å². The molecule has 0 aromatic heterocycles. The van der Waals surface area contributed by atoms with Crippen LogP contribution in [0, 0.1) is 0 Å². The zero-order valence-electron chi connectivity index (χ0n) is 31.6. The molecule has 280 valence electrons. The summed E-state index contributed by atoms with van der Waals surface area (Å²) >= 11 is 0. The Labute approximate surface area is 294 Å². The van der Waals surface area contributed by atoms with Gasteiger partial charge >= 0.3 is 5.97 Å². The van der Waals surface area contributed by atoms with Gasteiger partial charge in [-0.1, -0.05) is 169 Å². The molecule has 0 unspecified atom stereocenters. The third-order valence-corrected chi connectivity index (χ3v) is 8.99. The minimum atomic E-state index is -1.27. The van der Waals surface area contributed by atoms with Crippen LogP contribution in [0.4, 0.5) is 0 Å². The number of aromatic carboxylic acids is 1. The van der Waals surface area contributed by atoms with Crippen LogP contribution in [0.1, 0.15) is 205 Å². The molecule has 0 saturated carbocycles. The molecule has 0 fully saturated rings. The second kappa shape index (κ2) is 30.7. The Kier molecular flexibility index (Phi) is 28.0. The first-order valence-electron chi connectivity index (χ1n) is 20.2. The molecule has 1 aromatic carbocycles. The molecule has 7 nitrogen and oxygen atoms in total. The van der Waals surface area contributed by atoms with E-state index in [4.69, 9.17) is 18.9 Å². The summed E-state index contributed by atoms with van der Waals surface area (Å²) in [5.41, 5.74) is -0.309. The van der Waals surface area contributed by atoms with E-state index in [0.29, 0.717) is 26.4 Å². The van der Waals surface area contributed by atoms with E-state index in [-0.39, 0.29) is 28.6 Å². The first-order valence-corrected chi connectivity index (χ1v) is 20.2. The molecule has 0 saturated heterocycles. The molecule has 1 aromatic rings. The second-order valence-electron chi connectivity index (χ2n) is 13.5. The lowest BCUT2D eigenvalue weighted by Gasteiger charge is -2.23. The number of carbonyl (C=O) groups is 1. The molecule has 1 rings (SSSR count). The molecule has 7 heteroatoms. The van der Waals surface area contributed by atoms with Gasteiger partial charge in [-0.3, -0.25) is 0 Å². The average Bonchev–Trinajstić information content (AvgIpc) is 3.07. The SMILES string of the molecule is CCCCCCCCCCOc1c(O)c(C(=O)O)c(OCCCCCCCC)c(OCCCCCCCC)c1OCCCCCCCC. The number of carboxylic acids is 1. The topological polar surface area (TPSA) is 94.5 Å². The van der Waals surface area contributed by atoms with Crippen LogP contribution in [0.15, 0.2) is 0 Å². The van der Waals surface area contributed by atoms with Gasteiger partial charge in [0.05, 0.1) is 26.4 Å². The largest absolute Gasteiger partial charge is 0.503 e. The molecular weight excluding hydrogens is 604 g/mol. The highest BCUT2D eigenvalue weighted by atomic mass is 16.6. The van der Waals surface area contributed by atoms with Gasteiger partial charge in [-0.05, 0) is 25.7 Å². The van der Waals surface area contributed by atoms with Crippen molar-refractivity contribution in [2.45, 2.75) is 195 Å². The van der Waals surface area contributed by atoms with Gasteiger partial charge in [0.2, 0.25) is 17.2 Å². The standard InChI is InChI=1S/C41H74O7/c1-5-9-13-17-21-22-26-28-32-46-38-36(42)35(41(43)44)37(45-31-27-23-18-14-10-6-2)39(47-33-29-24-19-15-11-7-3)40(38)48-34-30-25-20-16-12-8-4/h42H,5-34H2,1-4H3,(H,43,44). The first-order chi connectivity index (χ1) is 23.5. The molecule has 0 bridgehead atoms. The van der Waals surface area contributed by atoms with E-state index < -0.39 is 11.7 Å². The van der Waals surface area contributed by atoms with Crippen molar-refractivity contribution >= 4 is 5.97 Å². The lowest BCUT2D eigenvalue weighted by atomic mass is 10.1. The molecule has 0 heterocycles. The molecular formula is C41H74O7. The van der Waals surface area contributed by atoms with Crippen LogP contribution in [0.25, 0.3) is 0 Å². The fourth-order valence-corrected chi connectivity index (χ4v) is 5.96. The lowest BCUT2D eigenvalue weighted by molar-refractivity contribution is 0.0685. The van der Waals surface area contributed by atoms with Crippen molar-refractivity contribution in [2.24, 2.45) is 0 Å². The predicted molar refractivity (Wildman–Crippen MR) is 200 cm³/mol. The van der Waals surface area contributed by atoms with Crippen LogP contribution in [-0.2, 0) is 0 Å². The Morgan fingerprint density at radius 1 is 0.396 bits per heavy atom. The van der Waals surface area contributed by atoms with Gasteiger partial charge in [0, 0.05) is 0 Å². The summed E-state index contributed by atoms with van der Waals surface area (Å²) in [5, 5.41) is 21.8. The van der Waals surface area contributed by atoms with E-state index in [1.54, 1.807) is 0 Å². The van der Waals surface area contributed by atoms with Gasteiger partial charge in [0.25, 0.3) is 0 Å². The molecule has 0 atom stereocenters. The van der Waals surface area contributed by atoms with Crippen molar-refractivity contribution in [1.82, 2.24) is 0 Å². The van der Waals surface area contributed by atoms with E-state index in [2.05, 4.69) is 27.7 Å². The summed E-state index contributed by atoms with van der Waals surface area (Å²) in [6.45, 7) is 10.4. The number of benzene rings is 1. The molecule has 0 amide bonds. The molecule has 0 radical (unpaired) electrons. The van der Waals surface area contributed by atoms with Gasteiger partial charge in [-0.2, -0.15) is 0 Å². The van der Waals surface area contributed by atoms with Crippen molar-refractivity contribution in [1.29, 1.82) is 0 Å². The normalized spacial score (nSPS) is 11.2. The first kappa shape index (κ1) is 43.7. The van der Waals surface area contributed by atoms with E-state index in [1.807, 2.05) is 0 Å². The molecule has 0 aliphatic heterocycles. The zero-order valence-corrected chi connectivity index (χ0v) is 31.6. The Morgan fingerprint density at radius 2 is 0.646 bits per heavy atom. The lowest BCUT2D eigenvalue weighted by Crippen LogP contribution is -2.13. The van der Waals surface area contributed by atoms with Crippen LogP contribution in [-0.4, -0.2) is 42.6 Å². The maximum atomic E-state index is 12.7. The monoisotopic (exact) mass is 679 g/mol. The number of hydrogen-bond acceptors (Lipinski definition) is 6. The number of hydrogen-bond donors (Lipinski definition) is 2. The average molecular weight is 679 g/mol. The van der Waals surface area contributed by atoms with Crippen LogP contribution in [0.5, 0.6) is 28.7 Å². The Balaban J connectivity index is 3.24. The quantitative estimate of drug-likeness (QED) is 0.0690. The highest BCUT2D eigenvalue weighted by Gasteiger charge is 2.32. The smallest absolute Gasteiger partial charge is 0.343 e. The second-order valence-corrected chi connectivity index (χ2v) is 13.5. The predicted octanol–water partition coefficient (Wildman–Crippen LogP) is 12.8. The summed E-state index contributed by atoms with van der Waals surface area (Å²) in [7, 11) is 0. The van der Waals surface area contributed by atoms with E-state index >= 15 is 0 Å². The number of unbranched alkanes of at least 4 members (excludes halogenated alkanes) is 22. The van der Waals surface area contributed by atoms with Crippen LogP contribution < -0.4 is 18.9 Å². The molecule has 2 N–H and O–H groups in total. The summed E-state index contributed by atoms with van der Waals surface area (Å²) in [4.78, 5) is 12.7. The minimum Gasteiger partial charge on any atom is -0.503 e. The summed E-state index contributed by atoms with van der Waals surface area (Å²) in [6.07, 6.45) is 29.1. The molecule has 0 aliphatic carbocycles. The summed E-state index contributed by atoms with van der Waals surface area (Å²) in [6, 6.07) is 0. The number of phenols is 1. The minimum absolute atomic E-state index is 0.0527. The third kappa shape index (κ3) is 19.6. The summed E-state index contributed by atoms with van der Waals surface area (Å²) in [5.74, 6) is -1.07. The van der Waals surface area contributed by atoms with Crippen LogP contribution >= 0.6 is 0 Å². The zero-order chi connectivity index (χ0) is 35.1. The molecule has 0 spiro atoms. The van der Waals surface area contributed by atoms with Gasteiger partial charge in [-0.25, -0.2) is 4.79 Å². The van der Waals surface area contributed by atoms with E-state index in [9.17, 15) is 15.0 Å². The Hall–Kier alpha value is -2.31. The maximum Gasteiger partial charge on any atom is 0.343 e. The fraction of sp³-hybridized carbons (Fsp3) is 0.829. The fourth-order valence-electron chi connectivity index (χ4n) is 5.96. The summed E-state index contributed by atoms with van der Waals surface area (Å²) < 4.78 is 25.1. The van der Waals surface area contributed by atoms with Gasteiger partial charge < -0.3 is 29.2 Å². The maximum absolute atomic E-state index is 12.7. The van der Waals surface area contributed by atoms with Gasteiger partial charge in [0.15, 0.2) is 17.1 Å². The van der Waals surface area contributed by atoms with Crippen molar-refractivity contribution in [3.05, 3.63) is 5.56 Å². The van der Waals surface area contributed by atoms with E-state index in [0.717, 1.165) is 77.0 Å². The van der Waals surface area contributed by atoms with Gasteiger partial charge in [-0.15, -0.1) is 0 Å².